The summed E-state index contributed by atoms with van der Waals surface area (Å²) in [6.07, 6.45) is 2.61. The number of nitrogens with zero attached hydrogens (tertiary/aromatic N) is 3. The molecule has 3 rings (SSSR count). The molecule has 6 nitrogen and oxygen atoms in total. The van der Waals surface area contributed by atoms with Crippen LogP contribution >= 0.6 is 35.6 Å². The van der Waals surface area contributed by atoms with Crippen LogP contribution in [0.2, 0.25) is 5.02 Å². The summed E-state index contributed by atoms with van der Waals surface area (Å²) in [6, 6.07) is 7.33. The van der Waals surface area contributed by atoms with Crippen LogP contribution in [0.4, 0.5) is 0 Å². The molecule has 2 N–H and O–H groups in total. The summed E-state index contributed by atoms with van der Waals surface area (Å²) in [7, 11) is 0. The van der Waals surface area contributed by atoms with Gasteiger partial charge in [0.05, 0.1) is 0 Å². The fourth-order valence-corrected chi connectivity index (χ4v) is 2.21. The van der Waals surface area contributed by atoms with E-state index in [0.717, 1.165) is 30.5 Å². The van der Waals surface area contributed by atoms with Crippen molar-refractivity contribution in [2.75, 3.05) is 13.1 Å². The highest BCUT2D eigenvalue weighted by Gasteiger charge is 2.21. The molecule has 2 aromatic rings. The molecule has 0 saturated heterocycles. The van der Waals surface area contributed by atoms with E-state index >= 15 is 0 Å². The van der Waals surface area contributed by atoms with Crippen molar-refractivity contribution in [1.29, 1.82) is 0 Å². The fourth-order valence-electron chi connectivity index (χ4n) is 2.09. The second-order valence-corrected chi connectivity index (χ2v) is 5.97. The van der Waals surface area contributed by atoms with Crippen LogP contribution in [0, 0.1) is 5.92 Å². The smallest absolute Gasteiger partial charge is 0.248 e. The van der Waals surface area contributed by atoms with Crippen molar-refractivity contribution in [3.05, 3.63) is 35.2 Å². The van der Waals surface area contributed by atoms with Gasteiger partial charge in [-0.05, 0) is 49.9 Å². The van der Waals surface area contributed by atoms with Crippen molar-refractivity contribution < 1.29 is 4.52 Å². The van der Waals surface area contributed by atoms with Gasteiger partial charge in [-0.3, -0.25) is 0 Å². The van der Waals surface area contributed by atoms with Crippen molar-refractivity contribution >= 4 is 41.5 Å². The van der Waals surface area contributed by atoms with Crippen LogP contribution < -0.4 is 10.6 Å². The highest BCUT2D eigenvalue weighted by molar-refractivity contribution is 14.0. The number of guanidine groups is 1. The average molecular weight is 462 g/mol. The molecule has 1 aliphatic rings. The van der Waals surface area contributed by atoms with Crippen molar-refractivity contribution in [3.8, 4) is 11.4 Å². The Hall–Kier alpha value is -1.35. The second-order valence-electron chi connectivity index (χ2n) is 5.54. The van der Waals surface area contributed by atoms with E-state index in [4.69, 9.17) is 16.1 Å². The number of nitrogens with one attached hydrogen (secondary N) is 2. The number of halogens is 2. The van der Waals surface area contributed by atoms with Gasteiger partial charge in [0.2, 0.25) is 11.7 Å². The lowest BCUT2D eigenvalue weighted by molar-refractivity contribution is 0.380. The average Bonchev–Trinajstić information content (AvgIpc) is 3.27. The molecular formula is C16H21ClIN5O. The van der Waals surface area contributed by atoms with Gasteiger partial charge >= 0.3 is 0 Å². The molecule has 1 aromatic carbocycles. The lowest BCUT2D eigenvalue weighted by Gasteiger charge is -2.09. The standard InChI is InChI=1S/C16H20ClN5O.HI/c1-2-18-16(19-9-11-3-4-11)20-10-14-21-15(22-23-14)12-5-7-13(17)8-6-12;/h5-8,11H,2-4,9-10H2,1H3,(H2,18,19,20);1H. The summed E-state index contributed by atoms with van der Waals surface area (Å²) in [5.41, 5.74) is 0.868. The molecule has 24 heavy (non-hydrogen) atoms. The molecule has 8 heteroatoms. The molecule has 0 aliphatic heterocycles. The van der Waals surface area contributed by atoms with Crippen molar-refractivity contribution in [3.63, 3.8) is 0 Å². The summed E-state index contributed by atoms with van der Waals surface area (Å²) in [5, 5.41) is 11.2. The molecule has 0 atom stereocenters. The number of aromatic nitrogens is 2. The van der Waals surface area contributed by atoms with Gasteiger partial charge in [0.15, 0.2) is 5.96 Å². The topological polar surface area (TPSA) is 75.3 Å². The highest BCUT2D eigenvalue weighted by Crippen LogP contribution is 2.27. The first kappa shape index (κ1) is 19.0. The van der Waals surface area contributed by atoms with E-state index in [0.29, 0.717) is 23.3 Å². The van der Waals surface area contributed by atoms with Gasteiger partial charge < -0.3 is 15.2 Å². The second kappa shape index (κ2) is 9.22. The quantitative estimate of drug-likeness (QED) is 0.391. The van der Waals surface area contributed by atoms with Gasteiger partial charge in [0.25, 0.3) is 0 Å². The Balaban J connectivity index is 0.00000208. The van der Waals surface area contributed by atoms with E-state index in [-0.39, 0.29) is 24.0 Å². The summed E-state index contributed by atoms with van der Waals surface area (Å²) in [5.74, 6) is 2.60. The van der Waals surface area contributed by atoms with Crippen molar-refractivity contribution in [2.45, 2.75) is 26.3 Å². The van der Waals surface area contributed by atoms with Crippen LogP contribution in [-0.4, -0.2) is 29.2 Å². The zero-order valence-corrected chi connectivity index (χ0v) is 16.5. The van der Waals surface area contributed by atoms with Gasteiger partial charge in [-0.1, -0.05) is 16.8 Å². The molecule has 0 bridgehead atoms. The number of hydrogen-bond acceptors (Lipinski definition) is 4. The Kier molecular flexibility index (Phi) is 7.29. The third kappa shape index (κ3) is 5.62. The Morgan fingerprint density at radius 3 is 2.71 bits per heavy atom. The Morgan fingerprint density at radius 2 is 2.04 bits per heavy atom. The van der Waals surface area contributed by atoms with Crippen LogP contribution in [0.5, 0.6) is 0 Å². The monoisotopic (exact) mass is 461 g/mol. The molecule has 0 spiro atoms. The van der Waals surface area contributed by atoms with E-state index in [1.165, 1.54) is 12.8 Å². The maximum absolute atomic E-state index is 5.88. The first-order valence-corrected chi connectivity index (χ1v) is 8.23. The fraction of sp³-hybridized carbons (Fsp3) is 0.438. The molecule has 1 heterocycles. The maximum atomic E-state index is 5.88. The van der Waals surface area contributed by atoms with E-state index in [9.17, 15) is 0 Å². The minimum absolute atomic E-state index is 0. The van der Waals surface area contributed by atoms with Crippen LogP contribution in [0.1, 0.15) is 25.7 Å². The Morgan fingerprint density at radius 1 is 1.29 bits per heavy atom. The zero-order valence-electron chi connectivity index (χ0n) is 13.5. The number of aliphatic imine (C=N–C) groups is 1. The summed E-state index contributed by atoms with van der Waals surface area (Å²) in [4.78, 5) is 8.85. The molecule has 1 fully saturated rings. The van der Waals surface area contributed by atoms with Gasteiger partial charge in [-0.2, -0.15) is 4.98 Å². The summed E-state index contributed by atoms with van der Waals surface area (Å²) < 4.78 is 5.26. The highest BCUT2D eigenvalue weighted by atomic mass is 127. The summed E-state index contributed by atoms with van der Waals surface area (Å²) in [6.45, 7) is 4.17. The third-order valence-corrected chi connectivity index (χ3v) is 3.79. The van der Waals surface area contributed by atoms with Crippen molar-refractivity contribution in [2.24, 2.45) is 10.9 Å². The minimum Gasteiger partial charge on any atom is -0.357 e. The van der Waals surface area contributed by atoms with Gasteiger partial charge in [-0.25, -0.2) is 4.99 Å². The zero-order chi connectivity index (χ0) is 16.1. The van der Waals surface area contributed by atoms with Gasteiger partial charge in [0, 0.05) is 23.7 Å². The number of rotatable bonds is 6. The SMILES string of the molecule is CCNC(=NCc1nc(-c2ccc(Cl)cc2)no1)NCC1CC1.I. The third-order valence-electron chi connectivity index (χ3n) is 3.54. The van der Waals surface area contributed by atoms with Gasteiger partial charge in [0.1, 0.15) is 6.54 Å². The van der Waals surface area contributed by atoms with Crippen LogP contribution in [0.3, 0.4) is 0 Å². The van der Waals surface area contributed by atoms with Crippen LogP contribution in [0.15, 0.2) is 33.8 Å². The number of hydrogen-bond donors (Lipinski definition) is 2. The molecule has 1 aliphatic carbocycles. The Labute approximate surface area is 163 Å². The van der Waals surface area contributed by atoms with E-state index in [1.54, 1.807) is 12.1 Å². The van der Waals surface area contributed by atoms with Crippen LogP contribution in [-0.2, 0) is 6.54 Å². The largest absolute Gasteiger partial charge is 0.357 e. The predicted molar refractivity (Wildman–Crippen MR) is 106 cm³/mol. The van der Waals surface area contributed by atoms with Crippen molar-refractivity contribution in [1.82, 2.24) is 20.8 Å². The molecule has 0 unspecified atom stereocenters. The molecule has 0 amide bonds. The Bertz CT molecular complexity index is 669. The van der Waals surface area contributed by atoms with Gasteiger partial charge in [-0.15, -0.1) is 24.0 Å². The lowest BCUT2D eigenvalue weighted by Crippen LogP contribution is -2.38. The molecule has 1 saturated carbocycles. The predicted octanol–water partition coefficient (Wildman–Crippen LogP) is 3.47. The van der Waals surface area contributed by atoms with E-state index < -0.39 is 0 Å². The minimum atomic E-state index is 0. The first-order valence-electron chi connectivity index (χ1n) is 7.85. The summed E-state index contributed by atoms with van der Waals surface area (Å²) >= 11 is 5.88. The lowest BCUT2D eigenvalue weighted by atomic mass is 10.2. The van der Waals surface area contributed by atoms with E-state index in [2.05, 4.69) is 25.8 Å². The molecule has 1 aromatic heterocycles. The molecule has 0 radical (unpaired) electrons. The van der Waals surface area contributed by atoms with E-state index in [1.807, 2.05) is 19.1 Å². The maximum Gasteiger partial charge on any atom is 0.248 e. The first-order chi connectivity index (χ1) is 11.2. The number of benzene rings is 1. The molecule has 130 valence electrons. The molecular weight excluding hydrogens is 441 g/mol. The van der Waals surface area contributed by atoms with Crippen LogP contribution in [0.25, 0.3) is 11.4 Å². The normalized spacial score (nSPS) is 14.2.